The number of piperazine rings is 1. The van der Waals surface area contributed by atoms with Gasteiger partial charge in [0.15, 0.2) is 0 Å². The average Bonchev–Trinajstić information content (AvgIpc) is 3.13. The van der Waals surface area contributed by atoms with Gasteiger partial charge in [-0.15, -0.1) is 0 Å². The number of rotatable bonds is 6. The fourth-order valence-corrected chi connectivity index (χ4v) is 3.26. The van der Waals surface area contributed by atoms with E-state index in [9.17, 15) is 0 Å². The maximum atomic E-state index is 5.51. The molecule has 2 heterocycles. The lowest BCUT2D eigenvalue weighted by Gasteiger charge is -2.38. The summed E-state index contributed by atoms with van der Waals surface area (Å²) in [7, 11) is 1.75. The molecule has 0 amide bonds. The molecule has 0 aliphatic carbocycles. The van der Waals surface area contributed by atoms with Crippen molar-refractivity contribution in [1.82, 2.24) is 19.6 Å². The number of hydrogen-bond donors (Lipinski definition) is 0. The van der Waals surface area contributed by atoms with Crippen LogP contribution < -0.4 is 4.74 Å². The molecule has 0 spiro atoms. The number of nitrogens with zero attached hydrogens (tertiary/aromatic N) is 4. The molecule has 1 aromatic carbocycles. The van der Waals surface area contributed by atoms with Gasteiger partial charge in [0.05, 0.1) is 13.7 Å². The Morgan fingerprint density at radius 1 is 1.09 bits per heavy atom. The van der Waals surface area contributed by atoms with Crippen LogP contribution in [0.15, 0.2) is 42.7 Å². The van der Waals surface area contributed by atoms with E-state index >= 15 is 0 Å². The summed E-state index contributed by atoms with van der Waals surface area (Å²) in [6.45, 7) is 8.73. The van der Waals surface area contributed by atoms with Crippen LogP contribution in [-0.4, -0.2) is 59.4 Å². The number of ether oxygens (including phenoxy) is 1. The summed E-state index contributed by atoms with van der Waals surface area (Å²) in [4.78, 5) is 5.06. The quantitative estimate of drug-likeness (QED) is 0.819. The van der Waals surface area contributed by atoms with Crippen LogP contribution in [0.25, 0.3) is 0 Å². The third-order valence-corrected chi connectivity index (χ3v) is 4.75. The summed E-state index contributed by atoms with van der Waals surface area (Å²) in [6.07, 6.45) is 3.87. The first-order valence-corrected chi connectivity index (χ1v) is 8.34. The van der Waals surface area contributed by atoms with Crippen LogP contribution in [-0.2, 0) is 6.54 Å². The maximum absolute atomic E-state index is 5.51. The van der Waals surface area contributed by atoms with Gasteiger partial charge in [-0.05, 0) is 19.1 Å². The molecule has 3 rings (SSSR count). The van der Waals surface area contributed by atoms with Crippen molar-refractivity contribution in [1.29, 1.82) is 0 Å². The second-order valence-corrected chi connectivity index (χ2v) is 6.06. The predicted octanol–water partition coefficient (Wildman–Crippen LogP) is 2.27. The van der Waals surface area contributed by atoms with Crippen molar-refractivity contribution in [3.8, 4) is 5.75 Å². The van der Waals surface area contributed by atoms with E-state index in [1.807, 2.05) is 35.3 Å². The van der Waals surface area contributed by atoms with Crippen LogP contribution in [0.1, 0.15) is 18.5 Å². The lowest BCUT2D eigenvalue weighted by Crippen LogP contribution is -2.47. The first-order chi connectivity index (χ1) is 11.3. The predicted molar refractivity (Wildman–Crippen MR) is 91.6 cm³/mol. The van der Waals surface area contributed by atoms with Gasteiger partial charge in [0, 0.05) is 56.7 Å². The summed E-state index contributed by atoms with van der Waals surface area (Å²) in [5.74, 6) is 0.987. The molecular weight excluding hydrogens is 288 g/mol. The molecule has 1 aliphatic heterocycles. The number of methoxy groups -OCH3 is 1. The highest BCUT2D eigenvalue weighted by atomic mass is 16.5. The topological polar surface area (TPSA) is 33.5 Å². The van der Waals surface area contributed by atoms with Crippen molar-refractivity contribution in [2.75, 3.05) is 39.8 Å². The van der Waals surface area contributed by atoms with Crippen LogP contribution in [0, 0.1) is 0 Å². The third-order valence-electron chi connectivity index (χ3n) is 4.75. The molecule has 1 aliphatic rings. The highest BCUT2D eigenvalue weighted by Crippen LogP contribution is 2.29. The molecule has 1 fully saturated rings. The minimum atomic E-state index is 0.388. The molecule has 0 bridgehead atoms. The van der Waals surface area contributed by atoms with Gasteiger partial charge in [0.2, 0.25) is 0 Å². The second kappa shape index (κ2) is 7.62. The Bertz CT molecular complexity index is 591. The summed E-state index contributed by atoms with van der Waals surface area (Å²) in [6, 6.07) is 10.7. The van der Waals surface area contributed by atoms with E-state index in [2.05, 4.69) is 34.0 Å². The summed E-state index contributed by atoms with van der Waals surface area (Å²) < 4.78 is 7.52. The van der Waals surface area contributed by atoms with E-state index in [1.165, 1.54) is 5.56 Å². The van der Waals surface area contributed by atoms with Crippen molar-refractivity contribution in [2.24, 2.45) is 0 Å². The highest BCUT2D eigenvalue weighted by Gasteiger charge is 2.23. The van der Waals surface area contributed by atoms with Crippen molar-refractivity contribution >= 4 is 0 Å². The van der Waals surface area contributed by atoms with Gasteiger partial charge < -0.3 is 4.74 Å². The molecule has 124 valence electrons. The first-order valence-electron chi connectivity index (χ1n) is 8.34. The van der Waals surface area contributed by atoms with E-state index < -0.39 is 0 Å². The number of hydrogen-bond acceptors (Lipinski definition) is 4. The van der Waals surface area contributed by atoms with Crippen molar-refractivity contribution in [2.45, 2.75) is 19.5 Å². The van der Waals surface area contributed by atoms with E-state index in [0.29, 0.717) is 6.04 Å². The van der Waals surface area contributed by atoms with Gasteiger partial charge in [0.1, 0.15) is 5.75 Å². The van der Waals surface area contributed by atoms with Crippen molar-refractivity contribution in [3.63, 3.8) is 0 Å². The Morgan fingerprint density at radius 3 is 2.57 bits per heavy atom. The minimum Gasteiger partial charge on any atom is -0.496 e. The summed E-state index contributed by atoms with van der Waals surface area (Å²) in [5, 5.41) is 4.27. The van der Waals surface area contributed by atoms with Gasteiger partial charge in [-0.2, -0.15) is 5.10 Å². The average molecular weight is 314 g/mol. The van der Waals surface area contributed by atoms with Gasteiger partial charge in [-0.3, -0.25) is 14.5 Å². The SMILES string of the molecule is COc1ccccc1[C@H](C)N1CCN(CCn2cccn2)CC1. The van der Waals surface area contributed by atoms with Crippen molar-refractivity contribution in [3.05, 3.63) is 48.3 Å². The number of aromatic nitrogens is 2. The molecular formula is C18H26N4O. The maximum Gasteiger partial charge on any atom is 0.123 e. The van der Waals surface area contributed by atoms with E-state index in [1.54, 1.807) is 7.11 Å². The summed E-state index contributed by atoms with van der Waals surface area (Å²) >= 11 is 0. The fourth-order valence-electron chi connectivity index (χ4n) is 3.26. The third kappa shape index (κ3) is 3.92. The zero-order valence-electron chi connectivity index (χ0n) is 14.1. The Kier molecular flexibility index (Phi) is 5.31. The molecule has 0 saturated carbocycles. The molecule has 5 heteroatoms. The fraction of sp³-hybridized carbons (Fsp3) is 0.500. The lowest BCUT2D eigenvalue weighted by molar-refractivity contribution is 0.0982. The van der Waals surface area contributed by atoms with E-state index in [-0.39, 0.29) is 0 Å². The molecule has 0 radical (unpaired) electrons. The Balaban J connectivity index is 1.52. The standard InChI is InChI=1S/C18H26N4O/c1-16(17-6-3-4-7-18(17)23-2)21-13-10-20(11-14-21)12-15-22-9-5-8-19-22/h3-9,16H,10-15H2,1-2H3/t16-/m0/s1. The van der Waals surface area contributed by atoms with Crippen LogP contribution in [0.3, 0.4) is 0 Å². The zero-order chi connectivity index (χ0) is 16.1. The monoisotopic (exact) mass is 314 g/mol. The zero-order valence-corrected chi connectivity index (χ0v) is 14.1. The second-order valence-electron chi connectivity index (χ2n) is 6.06. The Morgan fingerprint density at radius 2 is 1.87 bits per heavy atom. The Hall–Kier alpha value is -1.85. The largest absolute Gasteiger partial charge is 0.496 e. The summed E-state index contributed by atoms with van der Waals surface area (Å²) in [5.41, 5.74) is 1.28. The van der Waals surface area contributed by atoms with E-state index in [0.717, 1.165) is 45.0 Å². The molecule has 2 aromatic rings. The molecule has 0 N–H and O–H groups in total. The first kappa shape index (κ1) is 16.0. The smallest absolute Gasteiger partial charge is 0.123 e. The number of para-hydroxylation sites is 1. The van der Waals surface area contributed by atoms with Gasteiger partial charge in [0.25, 0.3) is 0 Å². The normalized spacial score (nSPS) is 18.0. The van der Waals surface area contributed by atoms with Crippen LogP contribution in [0.4, 0.5) is 0 Å². The van der Waals surface area contributed by atoms with Gasteiger partial charge in [-0.1, -0.05) is 18.2 Å². The van der Waals surface area contributed by atoms with E-state index in [4.69, 9.17) is 4.74 Å². The van der Waals surface area contributed by atoms with Gasteiger partial charge >= 0.3 is 0 Å². The molecule has 5 nitrogen and oxygen atoms in total. The van der Waals surface area contributed by atoms with Crippen LogP contribution in [0.5, 0.6) is 5.75 Å². The molecule has 1 atom stereocenters. The van der Waals surface area contributed by atoms with Crippen LogP contribution in [0.2, 0.25) is 0 Å². The molecule has 1 saturated heterocycles. The van der Waals surface area contributed by atoms with Gasteiger partial charge in [-0.25, -0.2) is 0 Å². The highest BCUT2D eigenvalue weighted by molar-refractivity contribution is 5.35. The molecule has 0 unspecified atom stereocenters. The van der Waals surface area contributed by atoms with Crippen LogP contribution >= 0.6 is 0 Å². The molecule has 1 aromatic heterocycles. The Labute approximate surface area is 138 Å². The van der Waals surface area contributed by atoms with Crippen molar-refractivity contribution < 1.29 is 4.74 Å². The minimum absolute atomic E-state index is 0.388. The lowest BCUT2D eigenvalue weighted by atomic mass is 10.0. The number of benzene rings is 1. The molecule has 23 heavy (non-hydrogen) atoms.